The Bertz CT molecular complexity index is 181. The van der Waals surface area contributed by atoms with Crippen molar-refractivity contribution in [2.75, 3.05) is 0 Å². The molecule has 0 radical (unpaired) electrons. The maximum Gasteiger partial charge on any atom is 0.135 e. The molecule has 1 nitrogen and oxygen atoms in total. The molecule has 62 valence electrons. The van der Waals surface area contributed by atoms with Crippen LogP contribution in [0.5, 0.6) is 0 Å². The normalized spacial score (nSPS) is 30.9. The van der Waals surface area contributed by atoms with E-state index in [0.29, 0.717) is 11.7 Å². The van der Waals surface area contributed by atoms with E-state index in [9.17, 15) is 4.79 Å². The second-order valence-corrected chi connectivity index (χ2v) is 3.71. The lowest BCUT2D eigenvalue weighted by Crippen LogP contribution is -2.10. The molecule has 11 heavy (non-hydrogen) atoms. The Kier molecular flexibility index (Phi) is 2.48. The Morgan fingerprint density at radius 3 is 2.73 bits per heavy atom. The van der Waals surface area contributed by atoms with E-state index in [1.54, 1.807) is 0 Å². The molecule has 0 spiro atoms. The summed E-state index contributed by atoms with van der Waals surface area (Å²) in [5.74, 6) is 1.31. The van der Waals surface area contributed by atoms with Crippen molar-refractivity contribution in [2.24, 2.45) is 11.8 Å². The average molecular weight is 152 g/mol. The minimum absolute atomic E-state index is 0.284. The zero-order valence-electron chi connectivity index (χ0n) is 7.39. The van der Waals surface area contributed by atoms with Gasteiger partial charge >= 0.3 is 0 Å². The van der Waals surface area contributed by atoms with Crippen LogP contribution < -0.4 is 0 Å². The van der Waals surface area contributed by atoms with Crippen molar-refractivity contribution < 1.29 is 4.79 Å². The molecule has 1 saturated carbocycles. The molecule has 1 rings (SSSR count). The van der Waals surface area contributed by atoms with Gasteiger partial charge in [-0.1, -0.05) is 12.5 Å². The Hall–Kier alpha value is -0.590. The zero-order valence-corrected chi connectivity index (χ0v) is 7.39. The zero-order chi connectivity index (χ0) is 8.43. The summed E-state index contributed by atoms with van der Waals surface area (Å²) in [6.07, 6.45) is 2.90. The third-order valence-electron chi connectivity index (χ3n) is 2.59. The van der Waals surface area contributed by atoms with Gasteiger partial charge in [-0.05, 0) is 25.7 Å². The van der Waals surface area contributed by atoms with E-state index in [-0.39, 0.29) is 5.92 Å². The summed E-state index contributed by atoms with van der Waals surface area (Å²) < 4.78 is 0. The monoisotopic (exact) mass is 152 g/mol. The van der Waals surface area contributed by atoms with Crippen LogP contribution in [0.15, 0.2) is 12.2 Å². The minimum Gasteiger partial charge on any atom is -0.299 e. The molecule has 0 amide bonds. The summed E-state index contributed by atoms with van der Waals surface area (Å²) in [5, 5.41) is 0. The van der Waals surface area contributed by atoms with Crippen LogP contribution in [0.1, 0.15) is 33.1 Å². The predicted molar refractivity (Wildman–Crippen MR) is 46.3 cm³/mol. The summed E-state index contributed by atoms with van der Waals surface area (Å²) in [7, 11) is 0. The molecule has 0 aliphatic heterocycles. The van der Waals surface area contributed by atoms with Crippen LogP contribution in [0.2, 0.25) is 0 Å². The summed E-state index contributed by atoms with van der Waals surface area (Å²) in [4.78, 5) is 11.1. The fourth-order valence-corrected chi connectivity index (χ4v) is 1.79. The van der Waals surface area contributed by atoms with E-state index >= 15 is 0 Å². The van der Waals surface area contributed by atoms with Crippen LogP contribution in [0, 0.1) is 11.8 Å². The molecular formula is C10H16O. The van der Waals surface area contributed by atoms with Gasteiger partial charge in [-0.25, -0.2) is 0 Å². The molecular weight excluding hydrogens is 136 g/mol. The van der Waals surface area contributed by atoms with Gasteiger partial charge in [0.25, 0.3) is 0 Å². The number of allylic oxidation sites excluding steroid dienone is 1. The second-order valence-electron chi connectivity index (χ2n) is 3.71. The Labute approximate surface area is 68.5 Å². The third kappa shape index (κ3) is 1.92. The van der Waals surface area contributed by atoms with E-state index in [1.807, 2.05) is 13.8 Å². The quantitative estimate of drug-likeness (QED) is 0.556. The van der Waals surface area contributed by atoms with E-state index < -0.39 is 0 Å². The van der Waals surface area contributed by atoms with Crippen LogP contribution in [0.4, 0.5) is 0 Å². The van der Waals surface area contributed by atoms with Crippen molar-refractivity contribution in [1.29, 1.82) is 0 Å². The van der Waals surface area contributed by atoms with Crippen LogP contribution in [0.25, 0.3) is 0 Å². The highest BCUT2D eigenvalue weighted by molar-refractivity contribution is 5.83. The molecule has 0 saturated heterocycles. The number of rotatable bonds is 2. The van der Waals surface area contributed by atoms with Crippen LogP contribution in [-0.4, -0.2) is 5.78 Å². The first kappa shape index (κ1) is 8.51. The van der Waals surface area contributed by atoms with E-state index in [2.05, 4.69) is 6.58 Å². The number of carbonyl (C=O) groups excluding carboxylic acids is 1. The van der Waals surface area contributed by atoms with Gasteiger partial charge in [0.15, 0.2) is 0 Å². The van der Waals surface area contributed by atoms with Gasteiger partial charge in [-0.2, -0.15) is 0 Å². The van der Waals surface area contributed by atoms with Crippen molar-refractivity contribution in [2.45, 2.75) is 33.1 Å². The van der Waals surface area contributed by atoms with Crippen molar-refractivity contribution in [3.05, 3.63) is 12.2 Å². The van der Waals surface area contributed by atoms with Crippen molar-refractivity contribution in [1.82, 2.24) is 0 Å². The fraction of sp³-hybridized carbons (Fsp3) is 0.700. The average Bonchev–Trinajstić information content (AvgIpc) is 2.18. The number of ketones is 1. The number of hydrogen-bond acceptors (Lipinski definition) is 1. The van der Waals surface area contributed by atoms with Gasteiger partial charge < -0.3 is 0 Å². The van der Waals surface area contributed by atoms with Crippen LogP contribution >= 0.6 is 0 Å². The van der Waals surface area contributed by atoms with E-state index in [1.165, 1.54) is 5.57 Å². The Morgan fingerprint density at radius 2 is 2.36 bits per heavy atom. The molecule has 0 heterocycles. The number of Topliss-reactive ketones (excluding diaryl/α,β-unsaturated/α-hetero) is 1. The first-order chi connectivity index (χ1) is 5.11. The highest BCUT2D eigenvalue weighted by atomic mass is 16.1. The van der Waals surface area contributed by atoms with Crippen molar-refractivity contribution >= 4 is 5.78 Å². The lowest BCUT2D eigenvalue weighted by atomic mass is 9.92. The summed E-state index contributed by atoms with van der Waals surface area (Å²) in [5.41, 5.74) is 1.21. The molecule has 1 fully saturated rings. The maximum absolute atomic E-state index is 11.1. The molecule has 2 atom stereocenters. The number of carbonyl (C=O) groups is 1. The Balaban J connectivity index is 2.48. The molecule has 0 unspecified atom stereocenters. The van der Waals surface area contributed by atoms with Crippen molar-refractivity contribution in [3.63, 3.8) is 0 Å². The smallest absolute Gasteiger partial charge is 0.135 e. The largest absolute Gasteiger partial charge is 0.299 e. The third-order valence-corrected chi connectivity index (χ3v) is 2.59. The van der Waals surface area contributed by atoms with Gasteiger partial charge in [0.1, 0.15) is 5.78 Å². The van der Waals surface area contributed by atoms with Gasteiger partial charge in [-0.15, -0.1) is 6.58 Å². The summed E-state index contributed by atoms with van der Waals surface area (Å²) in [6, 6.07) is 0. The molecule has 0 aromatic heterocycles. The highest BCUT2D eigenvalue weighted by Crippen LogP contribution is 2.32. The molecule has 0 bridgehead atoms. The molecule has 1 aliphatic carbocycles. The standard InChI is InChI=1S/C10H16O/c1-7(2)6-9-4-5-10(11)8(9)3/h8-9H,1,4-6H2,2-3H3/t8-,9-/m0/s1. The highest BCUT2D eigenvalue weighted by Gasteiger charge is 2.30. The summed E-state index contributed by atoms with van der Waals surface area (Å²) >= 11 is 0. The second kappa shape index (κ2) is 3.21. The van der Waals surface area contributed by atoms with Crippen LogP contribution in [0.3, 0.4) is 0 Å². The van der Waals surface area contributed by atoms with E-state index in [4.69, 9.17) is 0 Å². The molecule has 0 aromatic rings. The lowest BCUT2D eigenvalue weighted by molar-refractivity contribution is -0.120. The first-order valence-corrected chi connectivity index (χ1v) is 4.28. The van der Waals surface area contributed by atoms with Crippen molar-refractivity contribution in [3.8, 4) is 0 Å². The Morgan fingerprint density at radius 1 is 1.73 bits per heavy atom. The van der Waals surface area contributed by atoms with Gasteiger partial charge in [0, 0.05) is 12.3 Å². The minimum atomic E-state index is 0.284. The van der Waals surface area contributed by atoms with Crippen LogP contribution in [-0.2, 0) is 4.79 Å². The molecule has 1 heteroatoms. The van der Waals surface area contributed by atoms with Gasteiger partial charge in [-0.3, -0.25) is 4.79 Å². The first-order valence-electron chi connectivity index (χ1n) is 4.28. The SMILES string of the molecule is C=C(C)C[C@@H]1CCC(=O)[C@H]1C. The van der Waals surface area contributed by atoms with Gasteiger partial charge in [0.2, 0.25) is 0 Å². The maximum atomic E-state index is 11.1. The number of hydrogen-bond donors (Lipinski definition) is 0. The predicted octanol–water partition coefficient (Wildman–Crippen LogP) is 2.57. The molecule has 0 aromatic carbocycles. The molecule has 0 N–H and O–H groups in total. The lowest BCUT2D eigenvalue weighted by Gasteiger charge is -2.12. The fourth-order valence-electron chi connectivity index (χ4n) is 1.79. The summed E-state index contributed by atoms with van der Waals surface area (Å²) in [6.45, 7) is 7.95. The van der Waals surface area contributed by atoms with Gasteiger partial charge in [0.05, 0.1) is 0 Å². The molecule has 1 aliphatic rings. The van der Waals surface area contributed by atoms with E-state index in [0.717, 1.165) is 19.3 Å². The topological polar surface area (TPSA) is 17.1 Å².